The molecule has 7 heteroatoms. The van der Waals surface area contributed by atoms with E-state index in [9.17, 15) is 18.0 Å². The zero-order valence-electron chi connectivity index (χ0n) is 12.3. The SMILES string of the molecule is CC(C)=Nn1c(-c2ccccc2)cc(C(F)(F)F)c(C#N)c1=O. The highest BCUT2D eigenvalue weighted by Crippen LogP contribution is 2.33. The quantitative estimate of drug-likeness (QED) is 0.793. The van der Waals surface area contributed by atoms with Crippen molar-refractivity contribution in [2.45, 2.75) is 20.0 Å². The van der Waals surface area contributed by atoms with Gasteiger partial charge in [-0.15, -0.1) is 0 Å². The molecule has 0 spiro atoms. The van der Waals surface area contributed by atoms with E-state index in [1.807, 2.05) is 0 Å². The lowest BCUT2D eigenvalue weighted by atomic mass is 10.0. The van der Waals surface area contributed by atoms with Crippen molar-refractivity contribution in [3.8, 4) is 17.3 Å². The molecule has 4 nitrogen and oxygen atoms in total. The summed E-state index contributed by atoms with van der Waals surface area (Å²) in [4.78, 5) is 12.3. The third kappa shape index (κ3) is 3.31. The molecule has 0 amide bonds. The van der Waals surface area contributed by atoms with Crippen LogP contribution in [0.4, 0.5) is 13.2 Å². The Morgan fingerprint density at radius 1 is 1.22 bits per heavy atom. The number of pyridine rings is 1. The molecule has 0 fully saturated rings. The van der Waals surface area contributed by atoms with Crippen molar-refractivity contribution in [2.75, 3.05) is 0 Å². The molecule has 0 aliphatic carbocycles. The molecule has 0 saturated carbocycles. The van der Waals surface area contributed by atoms with Crippen LogP contribution in [-0.2, 0) is 6.18 Å². The maximum Gasteiger partial charge on any atom is 0.417 e. The van der Waals surface area contributed by atoms with Crippen molar-refractivity contribution in [3.05, 3.63) is 57.9 Å². The van der Waals surface area contributed by atoms with Crippen molar-refractivity contribution < 1.29 is 13.2 Å². The molecule has 2 aromatic rings. The van der Waals surface area contributed by atoms with E-state index in [1.165, 1.54) is 6.07 Å². The molecule has 118 valence electrons. The van der Waals surface area contributed by atoms with Crippen LogP contribution in [0.15, 0.2) is 46.3 Å². The molecule has 0 saturated heterocycles. The van der Waals surface area contributed by atoms with E-state index in [0.29, 0.717) is 11.3 Å². The Kier molecular flexibility index (Phi) is 4.36. The van der Waals surface area contributed by atoms with Gasteiger partial charge in [0.2, 0.25) is 0 Å². The van der Waals surface area contributed by atoms with Crippen LogP contribution in [0.3, 0.4) is 0 Å². The third-order valence-corrected chi connectivity index (χ3v) is 2.97. The Labute approximate surface area is 130 Å². The van der Waals surface area contributed by atoms with E-state index < -0.39 is 22.9 Å². The van der Waals surface area contributed by atoms with E-state index in [1.54, 1.807) is 44.2 Å². The van der Waals surface area contributed by atoms with Gasteiger partial charge in [0.15, 0.2) is 0 Å². The highest BCUT2D eigenvalue weighted by Gasteiger charge is 2.36. The minimum absolute atomic E-state index is 0.0249. The molecule has 1 aromatic heterocycles. The van der Waals surface area contributed by atoms with Crippen LogP contribution in [0.25, 0.3) is 11.3 Å². The second kappa shape index (κ2) is 6.08. The first-order valence-electron chi connectivity index (χ1n) is 6.60. The van der Waals surface area contributed by atoms with Gasteiger partial charge >= 0.3 is 6.18 Å². The third-order valence-electron chi connectivity index (χ3n) is 2.97. The molecular weight excluding hydrogens is 307 g/mol. The standard InChI is InChI=1S/C16H12F3N3O/c1-10(2)21-22-14(11-6-4-3-5-7-11)8-13(16(17,18)19)12(9-20)15(22)23/h3-8H,1-2H3. The fourth-order valence-corrected chi connectivity index (χ4v) is 2.05. The van der Waals surface area contributed by atoms with Crippen LogP contribution in [0.2, 0.25) is 0 Å². The Balaban J connectivity index is 2.95. The molecule has 0 unspecified atom stereocenters. The van der Waals surface area contributed by atoms with Crippen LogP contribution in [-0.4, -0.2) is 10.4 Å². The molecule has 23 heavy (non-hydrogen) atoms. The van der Waals surface area contributed by atoms with Crippen LogP contribution in [0, 0.1) is 11.3 Å². The minimum atomic E-state index is -4.81. The van der Waals surface area contributed by atoms with Crippen molar-refractivity contribution >= 4 is 5.71 Å². The van der Waals surface area contributed by atoms with Gasteiger partial charge in [0.05, 0.1) is 11.3 Å². The largest absolute Gasteiger partial charge is 0.417 e. The number of halogens is 3. The lowest BCUT2D eigenvalue weighted by molar-refractivity contribution is -0.137. The molecule has 0 N–H and O–H groups in total. The molecule has 0 aliphatic heterocycles. The van der Waals surface area contributed by atoms with Gasteiger partial charge in [0.25, 0.3) is 5.56 Å². The average Bonchev–Trinajstić information content (AvgIpc) is 2.48. The van der Waals surface area contributed by atoms with Crippen molar-refractivity contribution in [1.29, 1.82) is 5.26 Å². The maximum absolute atomic E-state index is 13.2. The van der Waals surface area contributed by atoms with Crippen LogP contribution < -0.4 is 5.56 Å². The second-order valence-corrected chi connectivity index (χ2v) is 4.96. The first-order valence-corrected chi connectivity index (χ1v) is 6.60. The van der Waals surface area contributed by atoms with Crippen LogP contribution in [0.1, 0.15) is 25.0 Å². The van der Waals surface area contributed by atoms with E-state index in [-0.39, 0.29) is 5.69 Å². The zero-order valence-corrected chi connectivity index (χ0v) is 12.3. The van der Waals surface area contributed by atoms with E-state index >= 15 is 0 Å². The summed E-state index contributed by atoms with van der Waals surface area (Å²) < 4.78 is 40.3. The van der Waals surface area contributed by atoms with Crippen molar-refractivity contribution in [3.63, 3.8) is 0 Å². The summed E-state index contributed by atoms with van der Waals surface area (Å²) in [5.41, 5.74) is -2.49. The van der Waals surface area contributed by atoms with Gasteiger partial charge < -0.3 is 0 Å². The summed E-state index contributed by atoms with van der Waals surface area (Å²) in [6.45, 7) is 3.20. The van der Waals surface area contributed by atoms with Gasteiger partial charge in [-0.05, 0) is 19.9 Å². The number of alkyl halides is 3. The van der Waals surface area contributed by atoms with Crippen molar-refractivity contribution in [1.82, 2.24) is 4.68 Å². The number of hydrogen-bond acceptors (Lipinski definition) is 3. The topological polar surface area (TPSA) is 58.1 Å². The maximum atomic E-state index is 13.2. The summed E-state index contributed by atoms with van der Waals surface area (Å²) >= 11 is 0. The Morgan fingerprint density at radius 3 is 2.30 bits per heavy atom. The first-order chi connectivity index (χ1) is 10.8. The second-order valence-electron chi connectivity index (χ2n) is 4.96. The molecule has 0 radical (unpaired) electrons. The van der Waals surface area contributed by atoms with Gasteiger partial charge in [0.1, 0.15) is 11.6 Å². The monoisotopic (exact) mass is 319 g/mol. The Morgan fingerprint density at radius 2 is 1.83 bits per heavy atom. The Hall–Kier alpha value is -2.88. The van der Waals surface area contributed by atoms with Gasteiger partial charge in [-0.1, -0.05) is 30.3 Å². The number of aromatic nitrogens is 1. The molecule has 1 heterocycles. The molecule has 0 atom stereocenters. The highest BCUT2D eigenvalue weighted by atomic mass is 19.4. The lowest BCUT2D eigenvalue weighted by Crippen LogP contribution is -2.26. The Bertz CT molecular complexity index is 855. The molecule has 0 aliphatic rings. The summed E-state index contributed by atoms with van der Waals surface area (Å²) in [6, 6.07) is 10.2. The predicted molar refractivity (Wildman–Crippen MR) is 80.0 cm³/mol. The van der Waals surface area contributed by atoms with E-state index in [0.717, 1.165) is 10.7 Å². The van der Waals surface area contributed by atoms with Gasteiger partial charge in [-0.3, -0.25) is 4.79 Å². The molecule has 0 bridgehead atoms. The fourth-order valence-electron chi connectivity index (χ4n) is 2.05. The smallest absolute Gasteiger partial charge is 0.266 e. The first kappa shape index (κ1) is 16.5. The van der Waals surface area contributed by atoms with Crippen molar-refractivity contribution in [2.24, 2.45) is 5.10 Å². The number of nitrogens with zero attached hydrogens (tertiary/aromatic N) is 3. The average molecular weight is 319 g/mol. The molecule has 2 rings (SSSR count). The van der Waals surface area contributed by atoms with Gasteiger partial charge in [-0.25, -0.2) is 0 Å². The van der Waals surface area contributed by atoms with Gasteiger partial charge in [0, 0.05) is 11.3 Å². The summed E-state index contributed by atoms with van der Waals surface area (Å²) in [6.07, 6.45) is -4.81. The normalized spacial score (nSPS) is 11.0. The fraction of sp³-hybridized carbons (Fsp3) is 0.188. The minimum Gasteiger partial charge on any atom is -0.266 e. The number of hydrogen-bond donors (Lipinski definition) is 0. The summed E-state index contributed by atoms with van der Waals surface area (Å²) in [5.74, 6) is 0. The number of rotatable bonds is 2. The van der Waals surface area contributed by atoms with E-state index in [4.69, 9.17) is 5.26 Å². The predicted octanol–water partition coefficient (Wildman–Crippen LogP) is 3.65. The van der Waals surface area contributed by atoms with Crippen LogP contribution >= 0.6 is 0 Å². The molecular formula is C16H12F3N3O. The highest BCUT2D eigenvalue weighted by molar-refractivity contribution is 5.79. The van der Waals surface area contributed by atoms with E-state index in [2.05, 4.69) is 5.10 Å². The van der Waals surface area contributed by atoms with Crippen LogP contribution in [0.5, 0.6) is 0 Å². The zero-order chi connectivity index (χ0) is 17.2. The lowest BCUT2D eigenvalue weighted by Gasteiger charge is -2.14. The summed E-state index contributed by atoms with van der Waals surface area (Å²) in [7, 11) is 0. The van der Waals surface area contributed by atoms with Gasteiger partial charge in [-0.2, -0.15) is 28.2 Å². The molecule has 1 aromatic carbocycles. The number of nitriles is 1. The summed E-state index contributed by atoms with van der Waals surface area (Å²) in [5, 5.41) is 12.9. The number of benzene rings is 1.